The molecule has 4 nitrogen and oxygen atoms in total. The Hall–Kier alpha value is -1.39. The van der Waals surface area contributed by atoms with Crippen molar-refractivity contribution in [3.63, 3.8) is 0 Å². The molecule has 0 amide bonds. The highest BCUT2D eigenvalue weighted by atomic mass is 16.5. The Morgan fingerprint density at radius 1 is 1.29 bits per heavy atom. The van der Waals surface area contributed by atoms with Gasteiger partial charge in [-0.15, -0.1) is 0 Å². The second-order valence-corrected chi connectivity index (χ2v) is 5.90. The van der Waals surface area contributed by atoms with Gasteiger partial charge in [0.25, 0.3) is 0 Å². The van der Waals surface area contributed by atoms with Crippen molar-refractivity contribution in [1.82, 2.24) is 9.55 Å². The minimum absolute atomic E-state index is 0.00973. The molecule has 0 spiro atoms. The van der Waals surface area contributed by atoms with Crippen molar-refractivity contribution in [3.8, 4) is 0 Å². The Kier molecular flexibility index (Phi) is 5.76. The molecular formula is C17H27N3O. The number of rotatable bonds is 8. The van der Waals surface area contributed by atoms with Gasteiger partial charge in [0.1, 0.15) is 5.82 Å². The maximum absolute atomic E-state index is 6.38. The molecule has 2 N–H and O–H groups in total. The molecule has 1 aromatic carbocycles. The smallest absolute Gasteiger partial charge is 0.126 e. The average molecular weight is 289 g/mol. The lowest BCUT2D eigenvalue weighted by atomic mass is 10.0. The van der Waals surface area contributed by atoms with Gasteiger partial charge < -0.3 is 15.0 Å². The van der Waals surface area contributed by atoms with Gasteiger partial charge >= 0.3 is 0 Å². The number of nitrogens with zero attached hydrogens (tertiary/aromatic N) is 2. The molecule has 0 fully saturated rings. The number of hydrogen-bond acceptors (Lipinski definition) is 3. The van der Waals surface area contributed by atoms with Gasteiger partial charge in [-0.1, -0.05) is 26.0 Å². The highest BCUT2D eigenvalue weighted by molar-refractivity contribution is 5.76. The molecular weight excluding hydrogens is 262 g/mol. The van der Waals surface area contributed by atoms with E-state index in [1.165, 1.54) is 5.52 Å². The fraction of sp³-hybridized carbons (Fsp3) is 0.588. The van der Waals surface area contributed by atoms with E-state index in [1.54, 1.807) is 0 Å². The molecule has 0 bridgehead atoms. The Morgan fingerprint density at radius 2 is 2.05 bits per heavy atom. The fourth-order valence-electron chi connectivity index (χ4n) is 2.69. The van der Waals surface area contributed by atoms with Crippen LogP contribution in [-0.4, -0.2) is 22.8 Å². The number of aromatic nitrogens is 2. The van der Waals surface area contributed by atoms with Gasteiger partial charge in [-0.3, -0.25) is 0 Å². The Morgan fingerprint density at radius 3 is 2.76 bits per heavy atom. The lowest BCUT2D eigenvalue weighted by Gasteiger charge is -2.16. The summed E-state index contributed by atoms with van der Waals surface area (Å²) in [6, 6.07) is 8.25. The summed E-state index contributed by atoms with van der Waals surface area (Å²) in [6.45, 7) is 8.87. The Labute approximate surface area is 127 Å². The van der Waals surface area contributed by atoms with Crippen molar-refractivity contribution in [2.24, 2.45) is 11.7 Å². The zero-order chi connectivity index (χ0) is 15.2. The molecule has 1 unspecified atom stereocenters. The van der Waals surface area contributed by atoms with E-state index in [-0.39, 0.29) is 6.04 Å². The molecule has 1 heterocycles. The average Bonchev–Trinajstić information content (AvgIpc) is 2.82. The standard InChI is InChI=1S/C17H27N3O/c1-4-21-11-7-10-20-16-9-6-5-8-15(16)19-17(20)14(18)12-13(2)3/h5-6,8-9,13-14H,4,7,10-12,18H2,1-3H3. The summed E-state index contributed by atoms with van der Waals surface area (Å²) < 4.78 is 7.71. The van der Waals surface area contributed by atoms with Gasteiger partial charge in [0.2, 0.25) is 0 Å². The lowest BCUT2D eigenvalue weighted by molar-refractivity contribution is 0.141. The molecule has 21 heavy (non-hydrogen) atoms. The maximum atomic E-state index is 6.38. The first-order chi connectivity index (χ1) is 10.1. The number of aryl methyl sites for hydroxylation is 1. The van der Waals surface area contributed by atoms with Crippen LogP contribution in [0.3, 0.4) is 0 Å². The topological polar surface area (TPSA) is 53.1 Å². The molecule has 116 valence electrons. The molecule has 0 saturated heterocycles. The largest absolute Gasteiger partial charge is 0.382 e. The van der Waals surface area contributed by atoms with Crippen LogP contribution in [0.5, 0.6) is 0 Å². The number of benzene rings is 1. The van der Waals surface area contributed by atoms with Crippen LogP contribution in [0.1, 0.15) is 45.5 Å². The van der Waals surface area contributed by atoms with Gasteiger partial charge in [-0.2, -0.15) is 0 Å². The van der Waals surface area contributed by atoms with Crippen LogP contribution in [0, 0.1) is 5.92 Å². The van der Waals surface area contributed by atoms with Crippen molar-refractivity contribution >= 4 is 11.0 Å². The first-order valence-corrected chi connectivity index (χ1v) is 7.92. The van der Waals surface area contributed by atoms with Gasteiger partial charge in [-0.25, -0.2) is 4.98 Å². The van der Waals surface area contributed by atoms with Crippen molar-refractivity contribution in [3.05, 3.63) is 30.1 Å². The predicted molar refractivity (Wildman–Crippen MR) is 87.2 cm³/mol. The molecule has 2 aromatic rings. The molecule has 0 aliphatic rings. The van der Waals surface area contributed by atoms with E-state index in [0.29, 0.717) is 5.92 Å². The van der Waals surface area contributed by atoms with E-state index in [2.05, 4.69) is 36.6 Å². The van der Waals surface area contributed by atoms with Crippen LogP contribution in [-0.2, 0) is 11.3 Å². The summed E-state index contributed by atoms with van der Waals surface area (Å²) in [7, 11) is 0. The van der Waals surface area contributed by atoms with Crippen LogP contribution in [0.4, 0.5) is 0 Å². The van der Waals surface area contributed by atoms with Gasteiger partial charge in [0, 0.05) is 19.8 Å². The van der Waals surface area contributed by atoms with Crippen molar-refractivity contribution in [2.45, 2.75) is 46.2 Å². The summed E-state index contributed by atoms with van der Waals surface area (Å²) in [6.07, 6.45) is 1.93. The van der Waals surface area contributed by atoms with E-state index in [9.17, 15) is 0 Å². The highest BCUT2D eigenvalue weighted by Crippen LogP contribution is 2.24. The summed E-state index contributed by atoms with van der Waals surface area (Å²) in [4.78, 5) is 4.76. The quantitative estimate of drug-likeness (QED) is 0.757. The molecule has 1 aromatic heterocycles. The fourth-order valence-corrected chi connectivity index (χ4v) is 2.69. The summed E-state index contributed by atoms with van der Waals surface area (Å²) in [5, 5.41) is 0. The highest BCUT2D eigenvalue weighted by Gasteiger charge is 2.17. The van der Waals surface area contributed by atoms with Gasteiger partial charge in [0.15, 0.2) is 0 Å². The number of nitrogens with two attached hydrogens (primary N) is 1. The molecule has 4 heteroatoms. The number of fused-ring (bicyclic) bond motifs is 1. The third-order valence-electron chi connectivity index (χ3n) is 3.62. The van der Waals surface area contributed by atoms with Crippen molar-refractivity contribution < 1.29 is 4.74 Å². The number of imidazole rings is 1. The lowest BCUT2D eigenvalue weighted by Crippen LogP contribution is -2.19. The second-order valence-electron chi connectivity index (χ2n) is 5.90. The van der Waals surface area contributed by atoms with Crippen LogP contribution in [0.15, 0.2) is 24.3 Å². The Balaban J connectivity index is 2.25. The molecule has 0 aliphatic carbocycles. The van der Waals surface area contributed by atoms with E-state index >= 15 is 0 Å². The minimum atomic E-state index is -0.00973. The number of ether oxygens (including phenoxy) is 1. The minimum Gasteiger partial charge on any atom is -0.382 e. The van der Waals surface area contributed by atoms with E-state index in [4.69, 9.17) is 15.5 Å². The number of para-hydroxylation sites is 2. The first-order valence-electron chi connectivity index (χ1n) is 7.92. The van der Waals surface area contributed by atoms with E-state index in [0.717, 1.165) is 43.9 Å². The molecule has 1 atom stereocenters. The normalized spacial score (nSPS) is 13.2. The molecule has 0 saturated carbocycles. The third kappa shape index (κ3) is 4.05. The van der Waals surface area contributed by atoms with Crippen LogP contribution < -0.4 is 5.73 Å². The predicted octanol–water partition coefficient (Wildman–Crippen LogP) is 3.51. The summed E-state index contributed by atoms with van der Waals surface area (Å²) >= 11 is 0. The van der Waals surface area contributed by atoms with Crippen molar-refractivity contribution in [2.75, 3.05) is 13.2 Å². The van der Waals surface area contributed by atoms with Gasteiger partial charge in [-0.05, 0) is 37.8 Å². The first kappa shape index (κ1) is 16.0. The van der Waals surface area contributed by atoms with Crippen molar-refractivity contribution in [1.29, 1.82) is 0 Å². The summed E-state index contributed by atoms with van der Waals surface area (Å²) in [5.41, 5.74) is 8.58. The molecule has 0 radical (unpaired) electrons. The number of hydrogen-bond donors (Lipinski definition) is 1. The van der Waals surface area contributed by atoms with E-state index < -0.39 is 0 Å². The zero-order valence-electron chi connectivity index (χ0n) is 13.4. The van der Waals surface area contributed by atoms with Crippen LogP contribution in [0.25, 0.3) is 11.0 Å². The van der Waals surface area contributed by atoms with E-state index in [1.807, 2.05) is 13.0 Å². The SMILES string of the molecule is CCOCCCn1c(C(N)CC(C)C)nc2ccccc21. The maximum Gasteiger partial charge on any atom is 0.126 e. The Bertz CT molecular complexity index is 562. The third-order valence-corrected chi connectivity index (χ3v) is 3.62. The van der Waals surface area contributed by atoms with Crippen LogP contribution >= 0.6 is 0 Å². The van der Waals surface area contributed by atoms with Gasteiger partial charge in [0.05, 0.1) is 17.1 Å². The monoisotopic (exact) mass is 289 g/mol. The van der Waals surface area contributed by atoms with Crippen LogP contribution in [0.2, 0.25) is 0 Å². The molecule has 0 aliphatic heterocycles. The zero-order valence-corrected chi connectivity index (χ0v) is 13.4. The summed E-state index contributed by atoms with van der Waals surface area (Å²) in [5.74, 6) is 1.57. The molecule has 2 rings (SSSR count). The second kappa shape index (κ2) is 7.57.